The number of hydrogen-bond acceptors (Lipinski definition) is 5. The summed E-state index contributed by atoms with van der Waals surface area (Å²) in [7, 11) is 0. The maximum Gasteiger partial charge on any atom is 0.416 e. The second-order valence-corrected chi connectivity index (χ2v) is 9.67. The number of carbonyl (C=O) groups excluding carboxylic acids is 4. The molecule has 3 fully saturated rings. The van der Waals surface area contributed by atoms with Crippen LogP contribution in [0.1, 0.15) is 35.2 Å². The van der Waals surface area contributed by atoms with Crippen molar-refractivity contribution in [2.24, 2.45) is 23.7 Å². The molecule has 0 aromatic heterocycles. The number of nitrogens with one attached hydrogen (secondary N) is 1. The van der Waals surface area contributed by atoms with E-state index >= 15 is 0 Å². The third-order valence-corrected chi connectivity index (χ3v) is 7.52. The number of hydrogen-bond donors (Lipinski definition) is 1. The lowest BCUT2D eigenvalue weighted by molar-refractivity contribution is -0.137. The Hall–Kier alpha value is -3.40. The third-order valence-electron chi connectivity index (χ3n) is 7.19. The van der Waals surface area contributed by atoms with Gasteiger partial charge in [-0.15, -0.1) is 0 Å². The fourth-order valence-electron chi connectivity index (χ4n) is 5.61. The van der Waals surface area contributed by atoms with E-state index < -0.39 is 30.2 Å². The van der Waals surface area contributed by atoms with Crippen LogP contribution in [0.3, 0.4) is 0 Å². The molecule has 1 aliphatic heterocycles. The summed E-state index contributed by atoms with van der Waals surface area (Å²) in [6, 6.07) is 8.16. The molecule has 1 saturated heterocycles. The average molecular weight is 521 g/mol. The first-order valence-electron chi connectivity index (χ1n) is 11.4. The van der Waals surface area contributed by atoms with E-state index in [2.05, 4.69) is 5.32 Å². The first-order valence-corrected chi connectivity index (χ1v) is 11.7. The topological polar surface area (TPSA) is 92.8 Å². The van der Waals surface area contributed by atoms with Gasteiger partial charge in [-0.1, -0.05) is 11.6 Å². The van der Waals surface area contributed by atoms with Gasteiger partial charge >= 0.3 is 12.1 Å². The van der Waals surface area contributed by atoms with Crippen molar-refractivity contribution in [3.8, 4) is 0 Å². The van der Waals surface area contributed by atoms with Gasteiger partial charge in [0.15, 0.2) is 6.61 Å². The number of carbonyl (C=O) groups is 4. The number of anilines is 2. The van der Waals surface area contributed by atoms with Crippen LogP contribution < -0.4 is 10.2 Å². The second kappa shape index (κ2) is 8.92. The molecule has 0 unspecified atom stereocenters. The van der Waals surface area contributed by atoms with Gasteiger partial charge in [0.1, 0.15) is 0 Å². The number of rotatable bonds is 5. The molecule has 36 heavy (non-hydrogen) atoms. The number of amides is 3. The quantitative estimate of drug-likeness (QED) is 0.456. The molecule has 1 heterocycles. The number of esters is 1. The van der Waals surface area contributed by atoms with E-state index in [0.29, 0.717) is 11.8 Å². The average Bonchev–Trinajstić information content (AvgIpc) is 3.52. The molecule has 2 aliphatic carbocycles. The van der Waals surface area contributed by atoms with E-state index in [1.807, 2.05) is 0 Å². The maximum atomic E-state index is 12.9. The van der Waals surface area contributed by atoms with Gasteiger partial charge in [0, 0.05) is 0 Å². The predicted molar refractivity (Wildman–Crippen MR) is 122 cm³/mol. The molecule has 3 aliphatic rings. The van der Waals surface area contributed by atoms with Crippen LogP contribution in [0.15, 0.2) is 42.5 Å². The van der Waals surface area contributed by atoms with E-state index in [4.69, 9.17) is 16.3 Å². The Morgan fingerprint density at radius 2 is 1.61 bits per heavy atom. The number of alkyl halides is 3. The van der Waals surface area contributed by atoms with Crippen molar-refractivity contribution in [3.63, 3.8) is 0 Å². The smallest absolute Gasteiger partial charge is 0.416 e. The Morgan fingerprint density at radius 3 is 2.19 bits per heavy atom. The second-order valence-electron chi connectivity index (χ2n) is 9.26. The van der Waals surface area contributed by atoms with Crippen LogP contribution >= 0.6 is 11.6 Å². The molecule has 7 nitrogen and oxygen atoms in total. The molecule has 1 N–H and O–H groups in total. The summed E-state index contributed by atoms with van der Waals surface area (Å²) in [5.74, 6) is -2.14. The molecule has 2 bridgehead atoms. The predicted octanol–water partition coefficient (Wildman–Crippen LogP) is 4.69. The summed E-state index contributed by atoms with van der Waals surface area (Å²) in [6.07, 6.45) is -1.75. The van der Waals surface area contributed by atoms with Gasteiger partial charge in [-0.25, -0.2) is 4.79 Å². The van der Waals surface area contributed by atoms with E-state index in [0.717, 1.165) is 31.4 Å². The summed E-state index contributed by atoms with van der Waals surface area (Å²) < 4.78 is 43.6. The minimum absolute atomic E-state index is 0.0722. The number of benzene rings is 2. The van der Waals surface area contributed by atoms with Gasteiger partial charge in [-0.05, 0) is 73.6 Å². The lowest BCUT2D eigenvalue weighted by Crippen LogP contribution is -2.32. The summed E-state index contributed by atoms with van der Waals surface area (Å²) in [4.78, 5) is 51.5. The lowest BCUT2D eigenvalue weighted by Gasteiger charge is -2.19. The molecule has 0 spiro atoms. The molecule has 0 radical (unpaired) electrons. The summed E-state index contributed by atoms with van der Waals surface area (Å²) in [6.45, 7) is -0.762. The number of nitrogens with zero attached hydrogens (tertiary/aromatic N) is 1. The van der Waals surface area contributed by atoms with Crippen molar-refractivity contribution in [2.45, 2.75) is 25.4 Å². The van der Waals surface area contributed by atoms with Crippen molar-refractivity contribution < 1.29 is 37.1 Å². The van der Waals surface area contributed by atoms with Crippen LogP contribution in [0.25, 0.3) is 0 Å². The van der Waals surface area contributed by atoms with E-state index in [-0.39, 0.29) is 51.8 Å². The Morgan fingerprint density at radius 1 is 1.00 bits per heavy atom. The molecule has 2 aromatic carbocycles. The maximum absolute atomic E-state index is 12.9. The molecule has 11 heteroatoms. The van der Waals surface area contributed by atoms with Crippen molar-refractivity contribution in [2.75, 3.05) is 16.8 Å². The zero-order valence-corrected chi connectivity index (χ0v) is 19.4. The molecule has 2 aromatic rings. The number of halogens is 4. The SMILES string of the molecule is O=C(COC(=O)c1ccc(N2C(=O)[C@H]3[C@H]4CC[C@@H](C4)[C@@H]3C2=O)cc1)Nc1cc(C(F)(F)F)ccc1Cl. The molecule has 3 amide bonds. The van der Waals surface area contributed by atoms with Crippen molar-refractivity contribution >= 4 is 46.7 Å². The largest absolute Gasteiger partial charge is 0.452 e. The van der Waals surface area contributed by atoms with Gasteiger partial charge in [0.05, 0.1) is 39.4 Å². The molecule has 2 saturated carbocycles. The number of ether oxygens (including phenoxy) is 1. The van der Waals surface area contributed by atoms with Crippen LogP contribution in [0.5, 0.6) is 0 Å². The summed E-state index contributed by atoms with van der Waals surface area (Å²) in [5, 5.41) is 2.08. The molecular formula is C25H20ClF3N2O5. The van der Waals surface area contributed by atoms with Crippen LogP contribution in [-0.4, -0.2) is 30.3 Å². The Balaban J connectivity index is 1.20. The van der Waals surface area contributed by atoms with Gasteiger partial charge in [-0.3, -0.25) is 19.3 Å². The highest BCUT2D eigenvalue weighted by Crippen LogP contribution is 2.56. The number of imide groups is 1. The van der Waals surface area contributed by atoms with Crippen LogP contribution in [-0.2, 0) is 25.3 Å². The Kier molecular flexibility index (Phi) is 6.02. The monoisotopic (exact) mass is 520 g/mol. The zero-order chi connectivity index (χ0) is 25.8. The van der Waals surface area contributed by atoms with Gasteiger partial charge in [0.25, 0.3) is 5.91 Å². The zero-order valence-electron chi connectivity index (χ0n) is 18.7. The van der Waals surface area contributed by atoms with Gasteiger partial charge < -0.3 is 10.1 Å². The standard InChI is InChI=1S/C25H20ClF3N2O5/c26-17-8-5-15(25(27,28)29)10-18(17)30-19(32)11-36-24(35)12-3-6-16(7-4-12)31-22(33)20-13-1-2-14(9-13)21(20)23(31)34/h3-8,10,13-14,20-21H,1-2,9,11H2,(H,30,32)/t13-,14-,20-,21-/m0/s1. The fourth-order valence-corrected chi connectivity index (χ4v) is 5.77. The highest BCUT2D eigenvalue weighted by Gasteiger charge is 2.61. The summed E-state index contributed by atoms with van der Waals surface area (Å²) in [5.41, 5.74) is -0.823. The van der Waals surface area contributed by atoms with Crippen LogP contribution in [0.2, 0.25) is 5.02 Å². The minimum atomic E-state index is -4.62. The molecule has 4 atom stereocenters. The first-order chi connectivity index (χ1) is 17.0. The van der Waals surface area contributed by atoms with E-state index in [9.17, 15) is 32.3 Å². The van der Waals surface area contributed by atoms with E-state index in [1.54, 1.807) is 0 Å². The fraction of sp³-hybridized carbons (Fsp3) is 0.360. The highest BCUT2D eigenvalue weighted by molar-refractivity contribution is 6.33. The normalized spacial score (nSPS) is 24.7. The molecular weight excluding hydrogens is 501 g/mol. The van der Waals surface area contributed by atoms with Gasteiger partial charge in [0.2, 0.25) is 11.8 Å². The minimum Gasteiger partial charge on any atom is -0.452 e. The Labute approximate surface area is 208 Å². The molecule has 5 rings (SSSR count). The third kappa shape index (κ3) is 4.23. The van der Waals surface area contributed by atoms with Crippen molar-refractivity contribution in [3.05, 3.63) is 58.6 Å². The van der Waals surface area contributed by atoms with Gasteiger partial charge in [-0.2, -0.15) is 13.2 Å². The summed E-state index contributed by atoms with van der Waals surface area (Å²) >= 11 is 5.85. The van der Waals surface area contributed by atoms with Crippen molar-refractivity contribution in [1.82, 2.24) is 0 Å². The molecule has 188 valence electrons. The first kappa shape index (κ1) is 24.3. The van der Waals surface area contributed by atoms with E-state index in [1.165, 1.54) is 29.2 Å². The Bertz CT molecular complexity index is 1240. The number of fused-ring (bicyclic) bond motifs is 5. The van der Waals surface area contributed by atoms with Crippen LogP contribution in [0.4, 0.5) is 24.5 Å². The highest BCUT2D eigenvalue weighted by atomic mass is 35.5. The van der Waals surface area contributed by atoms with Crippen molar-refractivity contribution in [1.29, 1.82) is 0 Å². The van der Waals surface area contributed by atoms with Crippen LogP contribution in [0, 0.1) is 23.7 Å². The lowest BCUT2D eigenvalue weighted by atomic mass is 9.81.